The van der Waals surface area contributed by atoms with Gasteiger partial charge in [0.05, 0.1) is 41.1 Å². The number of hydrogen-bond acceptors (Lipinski definition) is 8. The lowest BCUT2D eigenvalue weighted by Gasteiger charge is -2.29. The van der Waals surface area contributed by atoms with Crippen LogP contribution in [0, 0.1) is 11.3 Å². The quantitative estimate of drug-likeness (QED) is 0.190. The van der Waals surface area contributed by atoms with Gasteiger partial charge in [-0.1, -0.05) is 30.4 Å². The molecule has 4 rings (SSSR count). The molecule has 0 saturated carbocycles. The average molecular weight is 597 g/mol. The van der Waals surface area contributed by atoms with Crippen molar-refractivity contribution in [1.82, 2.24) is 14.6 Å². The highest BCUT2D eigenvalue weighted by Gasteiger charge is 2.29. The van der Waals surface area contributed by atoms with Gasteiger partial charge in [-0.2, -0.15) is 5.26 Å². The van der Waals surface area contributed by atoms with Crippen LogP contribution in [0.25, 0.3) is 16.0 Å². The van der Waals surface area contributed by atoms with Crippen LogP contribution in [0.1, 0.15) is 61.7 Å². The molecule has 2 N–H and O–H groups in total. The van der Waals surface area contributed by atoms with Crippen molar-refractivity contribution in [3.05, 3.63) is 70.9 Å². The summed E-state index contributed by atoms with van der Waals surface area (Å²) in [5.74, 6) is 0.0487. The van der Waals surface area contributed by atoms with Gasteiger partial charge in [0.15, 0.2) is 0 Å². The summed E-state index contributed by atoms with van der Waals surface area (Å²) >= 11 is 1.56. The van der Waals surface area contributed by atoms with E-state index in [0.717, 1.165) is 51.7 Å². The largest absolute Gasteiger partial charge is 0.393 e. The van der Waals surface area contributed by atoms with Gasteiger partial charge in [0, 0.05) is 37.4 Å². The number of hydrogen-bond donors (Lipinski definition) is 2. The normalized spacial score (nSPS) is 19.0. The van der Waals surface area contributed by atoms with Gasteiger partial charge < -0.3 is 14.7 Å². The second-order valence-corrected chi connectivity index (χ2v) is 13.7. The lowest BCUT2D eigenvalue weighted by atomic mass is 10.0. The molecule has 2 aromatic rings. The number of piperidine rings is 1. The molecule has 0 bridgehead atoms. The predicted molar refractivity (Wildman–Crippen MR) is 165 cm³/mol. The van der Waals surface area contributed by atoms with Crippen LogP contribution in [0.4, 0.5) is 0 Å². The molecule has 0 radical (unpaired) electrons. The van der Waals surface area contributed by atoms with Gasteiger partial charge in [-0.25, -0.2) is 18.1 Å². The number of benzene rings is 1. The fourth-order valence-electron chi connectivity index (χ4n) is 5.18. The zero-order chi connectivity index (χ0) is 29.4. The summed E-state index contributed by atoms with van der Waals surface area (Å²) < 4.78 is 34.5. The maximum atomic E-state index is 13.0. The Morgan fingerprint density at radius 3 is 2.83 bits per heavy atom. The second kappa shape index (κ2) is 14.5. The van der Waals surface area contributed by atoms with E-state index in [1.165, 1.54) is 0 Å². The smallest absolute Gasteiger partial charge is 0.213 e. The number of nitriles is 1. The van der Waals surface area contributed by atoms with Gasteiger partial charge in [0.25, 0.3) is 0 Å². The Morgan fingerprint density at radius 1 is 1.34 bits per heavy atom. The van der Waals surface area contributed by atoms with Crippen LogP contribution >= 0.6 is 11.3 Å². The molecule has 0 unspecified atom stereocenters. The molecular formula is C31H40N4O4S2. The summed E-state index contributed by atoms with van der Waals surface area (Å²) in [7, 11) is -3.46. The summed E-state index contributed by atoms with van der Waals surface area (Å²) in [6.45, 7) is 9.86. The molecule has 1 aromatic heterocycles. The SMILES string of the molecule is C=CC/C=C(\C=C(\C#N)COC(C)C)c1ncc(-c2cccc3c2CC[C@@H]3NS(=O)(=O)CCN2CCC(O)CC2)s1. The van der Waals surface area contributed by atoms with E-state index in [0.29, 0.717) is 37.8 Å². The van der Waals surface area contributed by atoms with E-state index in [9.17, 15) is 18.8 Å². The molecule has 1 aliphatic carbocycles. The molecule has 0 amide bonds. The van der Waals surface area contributed by atoms with E-state index in [-0.39, 0.29) is 30.6 Å². The first kappa shape index (κ1) is 31.3. The van der Waals surface area contributed by atoms with E-state index in [1.807, 2.05) is 44.3 Å². The van der Waals surface area contributed by atoms with Crippen molar-refractivity contribution in [2.45, 2.75) is 64.2 Å². The molecule has 220 valence electrons. The van der Waals surface area contributed by atoms with Gasteiger partial charge in [0.1, 0.15) is 5.01 Å². The third-order valence-electron chi connectivity index (χ3n) is 7.39. The monoisotopic (exact) mass is 596 g/mol. The number of likely N-dealkylation sites (tertiary alicyclic amines) is 1. The van der Waals surface area contributed by atoms with Crippen molar-refractivity contribution < 1.29 is 18.3 Å². The first-order valence-electron chi connectivity index (χ1n) is 14.2. The number of ether oxygens (including phenoxy) is 1. The molecule has 1 saturated heterocycles. The van der Waals surface area contributed by atoms with E-state index in [2.05, 4.69) is 28.3 Å². The fraction of sp³-hybridized carbons (Fsp3) is 0.484. The highest BCUT2D eigenvalue weighted by atomic mass is 32.2. The minimum Gasteiger partial charge on any atom is -0.393 e. The van der Waals surface area contributed by atoms with Crippen molar-refractivity contribution in [3.63, 3.8) is 0 Å². The van der Waals surface area contributed by atoms with Gasteiger partial charge >= 0.3 is 0 Å². The van der Waals surface area contributed by atoms with Crippen LogP contribution in [0.5, 0.6) is 0 Å². The van der Waals surface area contributed by atoms with Crippen LogP contribution in [0.3, 0.4) is 0 Å². The Bertz CT molecular complexity index is 1410. The molecule has 2 heterocycles. The van der Waals surface area contributed by atoms with Crippen LogP contribution < -0.4 is 4.72 Å². The number of thiazole rings is 1. The van der Waals surface area contributed by atoms with Crippen LogP contribution in [-0.2, 0) is 21.2 Å². The molecular weight excluding hydrogens is 556 g/mol. The molecule has 1 aliphatic heterocycles. The maximum absolute atomic E-state index is 13.0. The topological polar surface area (TPSA) is 116 Å². The van der Waals surface area contributed by atoms with Gasteiger partial charge in [-0.15, -0.1) is 17.9 Å². The number of fused-ring (bicyclic) bond motifs is 1. The molecule has 10 heteroatoms. The first-order valence-corrected chi connectivity index (χ1v) is 16.7. The Balaban J connectivity index is 1.50. The zero-order valence-corrected chi connectivity index (χ0v) is 25.5. The molecule has 2 aliphatic rings. The Hall–Kier alpha value is -2.65. The number of aliphatic hydroxyl groups excluding tert-OH is 1. The summed E-state index contributed by atoms with van der Waals surface area (Å²) in [5.41, 5.74) is 4.61. The Labute approximate surface area is 248 Å². The molecule has 41 heavy (non-hydrogen) atoms. The predicted octanol–water partition coefficient (Wildman–Crippen LogP) is 5.01. The molecule has 1 atom stereocenters. The van der Waals surface area contributed by atoms with Crippen LogP contribution in [0.2, 0.25) is 0 Å². The molecule has 8 nitrogen and oxygen atoms in total. The molecule has 1 fully saturated rings. The maximum Gasteiger partial charge on any atom is 0.213 e. The molecule has 0 spiro atoms. The second-order valence-electron chi connectivity index (χ2n) is 10.8. The number of nitrogens with one attached hydrogen (secondary N) is 1. The number of aliphatic hydroxyl groups is 1. The van der Waals surface area contributed by atoms with Gasteiger partial charge in [-0.05, 0) is 68.7 Å². The highest BCUT2D eigenvalue weighted by Crippen LogP contribution is 2.40. The van der Waals surface area contributed by atoms with E-state index in [1.54, 1.807) is 17.4 Å². The van der Waals surface area contributed by atoms with E-state index in [4.69, 9.17) is 9.72 Å². The summed E-state index contributed by atoms with van der Waals surface area (Å²) in [4.78, 5) is 7.81. The Morgan fingerprint density at radius 2 is 2.12 bits per heavy atom. The van der Waals surface area contributed by atoms with Crippen molar-refractivity contribution in [1.29, 1.82) is 5.26 Å². The van der Waals surface area contributed by atoms with Crippen molar-refractivity contribution >= 4 is 26.9 Å². The van der Waals surface area contributed by atoms with Crippen LogP contribution in [0.15, 0.2) is 54.8 Å². The summed E-state index contributed by atoms with van der Waals surface area (Å²) in [6.07, 6.45) is 10.8. The van der Waals surface area contributed by atoms with Crippen molar-refractivity contribution in [3.8, 4) is 16.5 Å². The van der Waals surface area contributed by atoms with Gasteiger partial charge in [-0.3, -0.25) is 0 Å². The minimum absolute atomic E-state index is 0.0250. The number of aromatic nitrogens is 1. The number of sulfonamides is 1. The number of allylic oxidation sites excluding steroid dienone is 4. The first-order chi connectivity index (χ1) is 19.7. The summed E-state index contributed by atoms with van der Waals surface area (Å²) in [6, 6.07) is 8.04. The fourth-order valence-corrected chi connectivity index (χ4v) is 7.45. The van der Waals surface area contributed by atoms with Gasteiger partial charge in [0.2, 0.25) is 10.0 Å². The third kappa shape index (κ3) is 8.67. The van der Waals surface area contributed by atoms with Crippen LogP contribution in [-0.4, -0.2) is 67.6 Å². The Kier molecular flexibility index (Phi) is 11.1. The highest BCUT2D eigenvalue weighted by molar-refractivity contribution is 7.89. The molecule has 1 aromatic carbocycles. The third-order valence-corrected chi connectivity index (χ3v) is 9.84. The lowest BCUT2D eigenvalue weighted by Crippen LogP contribution is -2.40. The number of rotatable bonds is 13. The van der Waals surface area contributed by atoms with Crippen molar-refractivity contribution in [2.75, 3.05) is 32.0 Å². The summed E-state index contributed by atoms with van der Waals surface area (Å²) in [5, 5.41) is 20.1. The lowest BCUT2D eigenvalue weighted by molar-refractivity contribution is 0.0855. The van der Waals surface area contributed by atoms with Crippen molar-refractivity contribution in [2.24, 2.45) is 0 Å². The van der Waals surface area contributed by atoms with E-state index < -0.39 is 10.0 Å². The minimum atomic E-state index is -3.46. The zero-order valence-electron chi connectivity index (χ0n) is 23.9. The standard InChI is InChI=1S/C31H40N4O4S2/c1-4-5-7-24(18-23(19-32)21-39-22(2)3)31-33-20-30(40-31)28-9-6-8-27-26(28)10-11-29(27)34-41(37,38)17-16-35-14-12-25(36)13-15-35/h4,6-9,18,20,22,25,29,34,36H,1,5,10-17,21H2,2-3H3/b23-18-,24-7+/t29-/m0/s1. The number of nitrogens with zero attached hydrogens (tertiary/aromatic N) is 3. The van der Waals surface area contributed by atoms with E-state index >= 15 is 0 Å². The average Bonchev–Trinajstić information content (AvgIpc) is 3.60.